The van der Waals surface area contributed by atoms with Gasteiger partial charge < -0.3 is 10.2 Å². The fourth-order valence-electron chi connectivity index (χ4n) is 3.46. The van der Waals surface area contributed by atoms with Gasteiger partial charge in [-0.05, 0) is 43.3 Å². The van der Waals surface area contributed by atoms with E-state index in [0.29, 0.717) is 27.6 Å². The smallest absolute Gasteiger partial charge is 0.150 e. The van der Waals surface area contributed by atoms with Crippen molar-refractivity contribution in [3.8, 4) is 6.07 Å². The van der Waals surface area contributed by atoms with Crippen molar-refractivity contribution in [1.29, 1.82) is 5.26 Å². The van der Waals surface area contributed by atoms with E-state index in [2.05, 4.69) is 21.5 Å². The van der Waals surface area contributed by atoms with Gasteiger partial charge in [-0.25, -0.2) is 4.39 Å². The second kappa shape index (κ2) is 8.06. The lowest BCUT2D eigenvalue weighted by atomic mass is 10.1. The topological polar surface area (TPSA) is 69.8 Å². The predicted octanol–water partition coefficient (Wildman–Crippen LogP) is 6.11. The molecule has 0 unspecified atom stereocenters. The molecule has 4 aromatic rings. The van der Waals surface area contributed by atoms with Crippen LogP contribution in [0, 0.1) is 24.1 Å². The third-order valence-electron chi connectivity index (χ3n) is 5.01. The van der Waals surface area contributed by atoms with Crippen molar-refractivity contribution < 1.29 is 4.39 Å². The second-order valence-corrected chi connectivity index (χ2v) is 7.79. The summed E-state index contributed by atoms with van der Waals surface area (Å²) in [6, 6.07) is 12.2. The molecule has 2 aromatic carbocycles. The number of nitrogens with zero attached hydrogens (tertiary/aromatic N) is 5. The number of pyridine rings is 1. The molecule has 9 heteroatoms. The lowest BCUT2D eigenvalue weighted by Crippen LogP contribution is -2.10. The van der Waals surface area contributed by atoms with E-state index in [9.17, 15) is 9.65 Å². The molecule has 0 atom stereocenters. The number of aromatic nitrogens is 3. The van der Waals surface area contributed by atoms with Crippen molar-refractivity contribution in [2.75, 3.05) is 17.3 Å². The highest BCUT2D eigenvalue weighted by Gasteiger charge is 2.18. The lowest BCUT2D eigenvalue weighted by Gasteiger charge is -2.20. The molecule has 0 radical (unpaired) electrons. The van der Waals surface area contributed by atoms with Gasteiger partial charge in [-0.15, -0.1) is 0 Å². The number of benzene rings is 2. The Balaban J connectivity index is 1.85. The zero-order valence-electron chi connectivity index (χ0n) is 16.9. The summed E-state index contributed by atoms with van der Waals surface area (Å²) < 4.78 is 15.2. The highest BCUT2D eigenvalue weighted by Crippen LogP contribution is 2.37. The summed E-state index contributed by atoms with van der Waals surface area (Å²) in [6.45, 7) is 1.89. The van der Waals surface area contributed by atoms with Crippen LogP contribution in [0.25, 0.3) is 10.9 Å². The molecule has 2 heterocycles. The average molecular weight is 455 g/mol. The number of hydrogen-bond acceptors (Lipinski definition) is 5. The molecule has 0 fully saturated rings. The van der Waals surface area contributed by atoms with Crippen molar-refractivity contribution in [1.82, 2.24) is 14.8 Å². The molecular weight excluding hydrogens is 438 g/mol. The number of hydrogen-bond donors (Lipinski definition) is 1. The summed E-state index contributed by atoms with van der Waals surface area (Å²) in [6.07, 6.45) is 1.50. The van der Waals surface area contributed by atoms with Crippen LogP contribution in [0.3, 0.4) is 0 Å². The summed E-state index contributed by atoms with van der Waals surface area (Å²) in [5.74, 6) is -0.514. The van der Waals surface area contributed by atoms with Crippen LogP contribution < -0.4 is 10.2 Å². The van der Waals surface area contributed by atoms with Crippen molar-refractivity contribution in [2.45, 2.75) is 6.92 Å². The van der Waals surface area contributed by atoms with Crippen LogP contribution in [0.2, 0.25) is 10.2 Å². The Morgan fingerprint density at radius 2 is 1.97 bits per heavy atom. The van der Waals surface area contributed by atoms with E-state index in [1.54, 1.807) is 17.8 Å². The fourth-order valence-corrected chi connectivity index (χ4v) is 3.94. The summed E-state index contributed by atoms with van der Waals surface area (Å²) in [5.41, 5.74) is 4.57. The van der Waals surface area contributed by atoms with Gasteiger partial charge in [-0.2, -0.15) is 10.4 Å². The first-order chi connectivity index (χ1) is 14.8. The van der Waals surface area contributed by atoms with E-state index in [1.165, 1.54) is 18.3 Å². The number of nitriles is 1. The monoisotopic (exact) mass is 454 g/mol. The second-order valence-electron chi connectivity index (χ2n) is 7.02. The SMILES string of the molecule is Cc1nn(C)c(Cl)c1N(C)c1ccc2ncc(C#N)c(Nc3ccc(F)c(Cl)c3)c2c1. The largest absolute Gasteiger partial charge is 0.354 e. The molecule has 4 rings (SSSR count). The van der Waals surface area contributed by atoms with Gasteiger partial charge in [-0.3, -0.25) is 9.67 Å². The van der Waals surface area contributed by atoms with E-state index in [1.807, 2.05) is 37.1 Å². The Labute approximate surface area is 188 Å². The van der Waals surface area contributed by atoms with Crippen LogP contribution in [0.1, 0.15) is 11.3 Å². The maximum Gasteiger partial charge on any atom is 0.150 e. The average Bonchev–Trinajstić information content (AvgIpc) is 3.01. The van der Waals surface area contributed by atoms with Gasteiger partial charge >= 0.3 is 0 Å². The van der Waals surface area contributed by atoms with Gasteiger partial charge in [0.25, 0.3) is 0 Å². The number of halogens is 3. The van der Waals surface area contributed by atoms with Crippen LogP contribution in [0.5, 0.6) is 0 Å². The number of fused-ring (bicyclic) bond motifs is 1. The number of aryl methyl sites for hydroxylation is 2. The standard InChI is InChI=1S/C22H17Cl2FN6/c1-12-21(22(24)31(3)29-12)30(2)15-5-7-19-16(9-15)20(13(10-26)11-27-19)28-14-4-6-18(25)17(23)8-14/h4-9,11H,1-3H3,(H,27,28). The molecule has 6 nitrogen and oxygen atoms in total. The van der Waals surface area contributed by atoms with Crippen LogP contribution in [0.15, 0.2) is 42.6 Å². The van der Waals surface area contributed by atoms with E-state index in [0.717, 1.165) is 22.5 Å². The highest BCUT2D eigenvalue weighted by atomic mass is 35.5. The Morgan fingerprint density at radius 1 is 1.19 bits per heavy atom. The normalized spacial score (nSPS) is 10.9. The van der Waals surface area contributed by atoms with Crippen molar-refractivity contribution >= 4 is 56.9 Å². The Morgan fingerprint density at radius 3 is 2.61 bits per heavy atom. The minimum Gasteiger partial charge on any atom is -0.354 e. The third-order valence-corrected chi connectivity index (χ3v) is 5.72. The number of nitrogens with one attached hydrogen (secondary N) is 1. The molecule has 2 aromatic heterocycles. The van der Waals surface area contributed by atoms with Gasteiger partial charge in [-0.1, -0.05) is 23.2 Å². The Hall–Kier alpha value is -3.34. The first-order valence-electron chi connectivity index (χ1n) is 9.28. The quantitative estimate of drug-likeness (QED) is 0.402. The summed E-state index contributed by atoms with van der Waals surface area (Å²) in [4.78, 5) is 6.32. The molecule has 31 heavy (non-hydrogen) atoms. The molecule has 0 bridgehead atoms. The Kier molecular flexibility index (Phi) is 5.44. The zero-order valence-corrected chi connectivity index (χ0v) is 18.4. The summed E-state index contributed by atoms with van der Waals surface area (Å²) in [7, 11) is 3.68. The zero-order chi connectivity index (χ0) is 22.3. The molecule has 156 valence electrons. The van der Waals surface area contributed by atoms with Gasteiger partial charge in [0, 0.05) is 37.1 Å². The highest BCUT2D eigenvalue weighted by molar-refractivity contribution is 6.32. The molecule has 0 aliphatic heterocycles. The predicted molar refractivity (Wildman–Crippen MR) is 122 cm³/mol. The van der Waals surface area contributed by atoms with Gasteiger partial charge in [0.2, 0.25) is 0 Å². The maximum absolute atomic E-state index is 13.6. The first-order valence-corrected chi connectivity index (χ1v) is 10.0. The van der Waals surface area contributed by atoms with Crippen molar-refractivity contribution in [3.05, 3.63) is 69.8 Å². The van der Waals surface area contributed by atoms with Crippen molar-refractivity contribution in [3.63, 3.8) is 0 Å². The summed E-state index contributed by atoms with van der Waals surface area (Å²) in [5, 5.41) is 18.4. The van der Waals surface area contributed by atoms with Gasteiger partial charge in [0.1, 0.15) is 17.6 Å². The third kappa shape index (κ3) is 3.76. The van der Waals surface area contributed by atoms with E-state index >= 15 is 0 Å². The van der Waals surface area contributed by atoms with Crippen LogP contribution in [0.4, 0.5) is 27.1 Å². The van der Waals surface area contributed by atoms with Crippen LogP contribution in [-0.2, 0) is 7.05 Å². The van der Waals surface area contributed by atoms with Crippen LogP contribution in [-0.4, -0.2) is 21.8 Å². The molecule has 1 N–H and O–H groups in total. The minimum atomic E-state index is -0.514. The van der Waals surface area contributed by atoms with E-state index in [4.69, 9.17) is 23.2 Å². The molecule has 0 saturated heterocycles. The molecular formula is C22H17Cl2FN6. The molecule has 0 spiro atoms. The molecule has 0 aliphatic carbocycles. The van der Waals surface area contributed by atoms with E-state index < -0.39 is 5.82 Å². The minimum absolute atomic E-state index is 0.0102. The fraction of sp³-hybridized carbons (Fsp3) is 0.136. The van der Waals surface area contributed by atoms with Crippen molar-refractivity contribution in [2.24, 2.45) is 7.05 Å². The number of anilines is 4. The van der Waals surface area contributed by atoms with E-state index in [-0.39, 0.29) is 5.02 Å². The summed E-state index contributed by atoms with van der Waals surface area (Å²) >= 11 is 12.4. The molecule has 0 aliphatic rings. The van der Waals surface area contributed by atoms with Crippen LogP contribution >= 0.6 is 23.2 Å². The Bertz CT molecular complexity index is 1360. The number of rotatable bonds is 4. The first kappa shape index (κ1) is 20.9. The van der Waals surface area contributed by atoms with Gasteiger partial charge in [0.15, 0.2) is 5.15 Å². The lowest BCUT2D eigenvalue weighted by molar-refractivity contribution is 0.628. The molecule has 0 saturated carbocycles. The maximum atomic E-state index is 13.6. The van der Waals surface area contributed by atoms with Gasteiger partial charge in [0.05, 0.1) is 27.5 Å². The molecule has 0 amide bonds.